The summed E-state index contributed by atoms with van der Waals surface area (Å²) in [5.74, 6) is 1.45. The van der Waals surface area contributed by atoms with Gasteiger partial charge in [0, 0.05) is 23.6 Å². The highest BCUT2D eigenvalue weighted by molar-refractivity contribution is 6.01. The van der Waals surface area contributed by atoms with Crippen LogP contribution in [-0.2, 0) is 0 Å². The van der Waals surface area contributed by atoms with Crippen molar-refractivity contribution in [3.8, 4) is 33.8 Å². The van der Waals surface area contributed by atoms with Crippen LogP contribution in [0.25, 0.3) is 33.2 Å². The van der Waals surface area contributed by atoms with Gasteiger partial charge in [0.1, 0.15) is 23.7 Å². The Morgan fingerprint density at radius 1 is 0.824 bits per heavy atom. The molecule has 0 unspecified atom stereocenters. The van der Waals surface area contributed by atoms with Crippen LogP contribution in [0.15, 0.2) is 82.0 Å². The maximum absolute atomic E-state index is 13.2. The minimum Gasteiger partial charge on any atom is -0.497 e. The van der Waals surface area contributed by atoms with Gasteiger partial charge in [-0.05, 0) is 61.3 Å². The third-order valence-corrected chi connectivity index (χ3v) is 6.45. The summed E-state index contributed by atoms with van der Waals surface area (Å²) >= 11 is 0. The molecule has 174 valence electrons. The van der Waals surface area contributed by atoms with E-state index in [1.165, 1.54) is 19.3 Å². The number of fused-ring (bicyclic) bond motifs is 1. The fraction of sp³-hybridized carbons (Fsp3) is 0.276. The average molecular weight is 456 g/mol. The lowest BCUT2D eigenvalue weighted by Gasteiger charge is -2.26. The van der Waals surface area contributed by atoms with Crippen LogP contribution < -0.4 is 15.1 Å². The first-order valence-corrected chi connectivity index (χ1v) is 11.9. The van der Waals surface area contributed by atoms with Crippen LogP contribution in [0.5, 0.6) is 11.5 Å². The molecular weight excluding hydrogens is 426 g/mol. The number of nitrogens with zero attached hydrogens (tertiary/aromatic N) is 1. The lowest BCUT2D eigenvalue weighted by atomic mass is 9.93. The molecule has 0 N–H and O–H groups in total. The molecule has 0 saturated carbocycles. The van der Waals surface area contributed by atoms with Crippen molar-refractivity contribution in [2.75, 3.05) is 33.4 Å². The molecule has 0 spiro atoms. The average Bonchev–Trinajstić information content (AvgIpc) is 2.89. The van der Waals surface area contributed by atoms with Crippen molar-refractivity contribution in [2.24, 2.45) is 0 Å². The zero-order chi connectivity index (χ0) is 23.3. The summed E-state index contributed by atoms with van der Waals surface area (Å²) in [5.41, 5.74) is 3.29. The van der Waals surface area contributed by atoms with E-state index in [0.29, 0.717) is 23.5 Å². The second-order valence-corrected chi connectivity index (χ2v) is 8.64. The summed E-state index contributed by atoms with van der Waals surface area (Å²) in [6, 6.07) is 23.3. The molecule has 1 aliphatic heterocycles. The molecule has 2 heterocycles. The minimum atomic E-state index is -0.377. The molecular formula is C29H29NO4. The van der Waals surface area contributed by atoms with Crippen LogP contribution in [-0.4, -0.2) is 38.3 Å². The van der Waals surface area contributed by atoms with E-state index < -0.39 is 0 Å². The van der Waals surface area contributed by atoms with Crippen molar-refractivity contribution >= 4 is 11.0 Å². The lowest BCUT2D eigenvalue weighted by Crippen LogP contribution is -2.33. The molecule has 1 aliphatic rings. The predicted octanol–water partition coefficient (Wildman–Crippen LogP) is 6.00. The van der Waals surface area contributed by atoms with Crippen molar-refractivity contribution in [1.29, 1.82) is 0 Å². The number of hydrogen-bond donors (Lipinski definition) is 0. The first-order valence-electron chi connectivity index (χ1n) is 11.9. The molecule has 5 heteroatoms. The number of ether oxygens (including phenoxy) is 2. The predicted molar refractivity (Wildman–Crippen MR) is 136 cm³/mol. The quantitative estimate of drug-likeness (QED) is 0.320. The molecule has 3 aromatic carbocycles. The molecule has 0 aliphatic carbocycles. The molecule has 0 amide bonds. The van der Waals surface area contributed by atoms with E-state index in [1.54, 1.807) is 13.2 Å². The highest BCUT2D eigenvalue weighted by Gasteiger charge is 2.18. The van der Waals surface area contributed by atoms with Crippen LogP contribution in [0, 0.1) is 0 Å². The smallest absolute Gasteiger partial charge is 0.344 e. The second kappa shape index (κ2) is 10.1. The van der Waals surface area contributed by atoms with Crippen molar-refractivity contribution < 1.29 is 13.9 Å². The summed E-state index contributed by atoms with van der Waals surface area (Å²) in [7, 11) is 1.60. The summed E-state index contributed by atoms with van der Waals surface area (Å²) in [4.78, 5) is 15.7. The maximum Gasteiger partial charge on any atom is 0.344 e. The molecule has 1 saturated heterocycles. The number of rotatable bonds is 7. The maximum atomic E-state index is 13.2. The topological polar surface area (TPSA) is 51.9 Å². The van der Waals surface area contributed by atoms with Crippen LogP contribution in [0.2, 0.25) is 0 Å². The van der Waals surface area contributed by atoms with E-state index in [1.807, 2.05) is 66.7 Å². The van der Waals surface area contributed by atoms with Gasteiger partial charge in [0.15, 0.2) is 0 Å². The van der Waals surface area contributed by atoms with Crippen LogP contribution in [0.3, 0.4) is 0 Å². The van der Waals surface area contributed by atoms with Crippen LogP contribution in [0.1, 0.15) is 19.3 Å². The highest BCUT2D eigenvalue weighted by Crippen LogP contribution is 2.37. The van der Waals surface area contributed by atoms with Gasteiger partial charge in [0.05, 0.1) is 12.7 Å². The van der Waals surface area contributed by atoms with Gasteiger partial charge in [-0.3, -0.25) is 4.90 Å². The molecule has 1 fully saturated rings. The molecule has 1 aromatic heterocycles. The van der Waals surface area contributed by atoms with Gasteiger partial charge in [-0.1, -0.05) is 48.9 Å². The van der Waals surface area contributed by atoms with Gasteiger partial charge >= 0.3 is 5.63 Å². The monoisotopic (exact) mass is 455 g/mol. The van der Waals surface area contributed by atoms with Gasteiger partial charge in [0.2, 0.25) is 0 Å². The SMILES string of the molecule is COc1ccc2c(-c3ccccc3)c(-c3ccc(OCCN4CCCCC4)cc3)c(=O)oc2c1. The molecule has 0 radical (unpaired) electrons. The lowest BCUT2D eigenvalue weighted by molar-refractivity contribution is 0.183. The summed E-state index contributed by atoms with van der Waals surface area (Å²) < 4.78 is 17.1. The number of methoxy groups -OCH3 is 1. The normalized spacial score (nSPS) is 14.3. The molecule has 5 nitrogen and oxygen atoms in total. The summed E-state index contributed by atoms with van der Waals surface area (Å²) in [6.07, 6.45) is 3.89. The number of benzene rings is 3. The minimum absolute atomic E-state index is 0.377. The first kappa shape index (κ1) is 22.2. The van der Waals surface area contributed by atoms with Gasteiger partial charge in [-0.15, -0.1) is 0 Å². The van der Waals surface area contributed by atoms with Crippen molar-refractivity contribution in [3.05, 3.63) is 83.2 Å². The number of likely N-dealkylation sites (tertiary alicyclic amines) is 1. The largest absolute Gasteiger partial charge is 0.497 e. The third kappa shape index (κ3) is 4.70. The fourth-order valence-corrected chi connectivity index (χ4v) is 4.67. The second-order valence-electron chi connectivity index (χ2n) is 8.64. The molecule has 5 rings (SSSR count). The third-order valence-electron chi connectivity index (χ3n) is 6.45. The zero-order valence-electron chi connectivity index (χ0n) is 19.5. The Morgan fingerprint density at radius 3 is 2.26 bits per heavy atom. The summed E-state index contributed by atoms with van der Waals surface area (Å²) in [5, 5.41) is 0.864. The zero-order valence-corrected chi connectivity index (χ0v) is 19.5. The standard InChI is InChI=1S/C29H29NO4/c1-32-24-14-15-25-26(20-24)34-29(31)28(27(25)21-8-4-2-5-9-21)22-10-12-23(13-11-22)33-19-18-30-16-6-3-7-17-30/h2,4-5,8-15,20H,3,6-7,16-19H2,1H3. The van der Waals surface area contributed by atoms with E-state index in [-0.39, 0.29) is 5.63 Å². The Labute approximate surface area is 199 Å². The number of hydrogen-bond acceptors (Lipinski definition) is 5. The van der Waals surface area contributed by atoms with E-state index >= 15 is 0 Å². The van der Waals surface area contributed by atoms with Crippen LogP contribution >= 0.6 is 0 Å². The Morgan fingerprint density at radius 2 is 1.53 bits per heavy atom. The molecule has 0 atom stereocenters. The first-order chi connectivity index (χ1) is 16.7. The number of piperidine rings is 1. The van der Waals surface area contributed by atoms with Crippen molar-refractivity contribution in [2.45, 2.75) is 19.3 Å². The van der Waals surface area contributed by atoms with Gasteiger partial charge in [-0.2, -0.15) is 0 Å². The molecule has 0 bridgehead atoms. The van der Waals surface area contributed by atoms with E-state index in [4.69, 9.17) is 13.9 Å². The van der Waals surface area contributed by atoms with E-state index in [0.717, 1.165) is 47.5 Å². The molecule has 34 heavy (non-hydrogen) atoms. The van der Waals surface area contributed by atoms with Crippen molar-refractivity contribution in [1.82, 2.24) is 4.90 Å². The Hall–Kier alpha value is -3.57. The van der Waals surface area contributed by atoms with E-state index in [9.17, 15) is 4.79 Å². The van der Waals surface area contributed by atoms with Crippen molar-refractivity contribution in [3.63, 3.8) is 0 Å². The molecule has 4 aromatic rings. The highest BCUT2D eigenvalue weighted by atomic mass is 16.5. The van der Waals surface area contributed by atoms with Gasteiger partial charge in [0.25, 0.3) is 0 Å². The van der Waals surface area contributed by atoms with E-state index in [2.05, 4.69) is 4.90 Å². The Kier molecular flexibility index (Phi) is 6.63. The Balaban J connectivity index is 1.48. The Bertz CT molecular complexity index is 1310. The van der Waals surface area contributed by atoms with Gasteiger partial charge in [-0.25, -0.2) is 4.79 Å². The van der Waals surface area contributed by atoms with Gasteiger partial charge < -0.3 is 13.9 Å². The summed E-state index contributed by atoms with van der Waals surface area (Å²) in [6.45, 7) is 3.93. The van der Waals surface area contributed by atoms with Crippen LogP contribution in [0.4, 0.5) is 0 Å². The fourth-order valence-electron chi connectivity index (χ4n) is 4.67.